The molecule has 172 valence electrons. The quantitative estimate of drug-likeness (QED) is 0.397. The predicted molar refractivity (Wildman–Crippen MR) is 127 cm³/mol. The van der Waals surface area contributed by atoms with E-state index in [-0.39, 0.29) is 17.9 Å². The van der Waals surface area contributed by atoms with E-state index in [0.717, 1.165) is 5.56 Å². The van der Waals surface area contributed by atoms with Crippen molar-refractivity contribution in [2.45, 2.75) is 6.54 Å². The average Bonchev–Trinajstić information content (AvgIpc) is 3.01. The monoisotopic (exact) mass is 468 g/mol. The van der Waals surface area contributed by atoms with Gasteiger partial charge in [0.1, 0.15) is 11.6 Å². The number of anilines is 2. The summed E-state index contributed by atoms with van der Waals surface area (Å²) >= 11 is 0. The van der Waals surface area contributed by atoms with Gasteiger partial charge in [-0.05, 0) is 54.6 Å². The first kappa shape index (κ1) is 21.9. The number of rotatable bonds is 6. The number of carbonyl (C=O) groups excluding carboxylic acids is 1. The summed E-state index contributed by atoms with van der Waals surface area (Å²) in [6, 6.07) is 17.5. The Bertz CT molecular complexity index is 1490. The number of nitrogens with zero attached hydrogens (tertiary/aromatic N) is 3. The Morgan fingerprint density at radius 3 is 2.57 bits per heavy atom. The van der Waals surface area contributed by atoms with Gasteiger partial charge < -0.3 is 15.2 Å². The van der Waals surface area contributed by atoms with Crippen molar-refractivity contribution in [2.75, 3.05) is 5.32 Å². The molecule has 0 atom stereocenters. The smallest absolute Gasteiger partial charge is 0.335 e. The molecule has 2 heterocycles. The van der Waals surface area contributed by atoms with Gasteiger partial charge in [0.05, 0.1) is 23.5 Å². The third-order valence-corrected chi connectivity index (χ3v) is 5.47. The molecule has 0 saturated carbocycles. The molecule has 3 aromatic carbocycles. The van der Waals surface area contributed by atoms with Crippen LogP contribution in [-0.4, -0.2) is 33.2 Å². The van der Waals surface area contributed by atoms with E-state index in [2.05, 4.69) is 20.3 Å². The van der Waals surface area contributed by atoms with E-state index in [1.807, 2.05) is 0 Å². The maximum absolute atomic E-state index is 14.7. The van der Waals surface area contributed by atoms with Crippen LogP contribution in [-0.2, 0) is 11.3 Å². The molecule has 1 aliphatic rings. The molecule has 0 bridgehead atoms. The van der Waals surface area contributed by atoms with Gasteiger partial charge in [-0.25, -0.2) is 19.2 Å². The Hall–Kier alpha value is -4.92. The largest absolute Gasteiger partial charge is 0.478 e. The molecule has 0 fully saturated rings. The molecule has 35 heavy (non-hydrogen) atoms. The summed E-state index contributed by atoms with van der Waals surface area (Å²) in [5.41, 5.74) is 4.05. The van der Waals surface area contributed by atoms with Gasteiger partial charge >= 0.3 is 5.97 Å². The fourth-order valence-corrected chi connectivity index (χ4v) is 3.83. The van der Waals surface area contributed by atoms with Crippen LogP contribution in [0.25, 0.3) is 11.3 Å². The average molecular weight is 468 g/mol. The molecule has 0 amide bonds. The minimum absolute atomic E-state index is 0.165. The molecule has 4 aromatic rings. The second kappa shape index (κ2) is 9.14. The summed E-state index contributed by atoms with van der Waals surface area (Å²) in [4.78, 5) is 35.7. The maximum Gasteiger partial charge on any atom is 0.335 e. The molecule has 1 aliphatic heterocycles. The number of nitrogens with one attached hydrogen (secondary N) is 1. The van der Waals surface area contributed by atoms with E-state index in [1.54, 1.807) is 54.7 Å². The fourth-order valence-electron chi connectivity index (χ4n) is 3.83. The Morgan fingerprint density at radius 1 is 1.03 bits per heavy atom. The van der Waals surface area contributed by atoms with E-state index in [4.69, 9.17) is 9.84 Å². The molecule has 8 nitrogen and oxygen atoms in total. The predicted octanol–water partition coefficient (Wildman–Crippen LogP) is 4.61. The lowest BCUT2D eigenvalue weighted by molar-refractivity contribution is -0.120. The number of hydrogen-bond donors (Lipinski definition) is 2. The van der Waals surface area contributed by atoms with E-state index in [9.17, 15) is 14.0 Å². The minimum Gasteiger partial charge on any atom is -0.478 e. The number of aromatic nitrogens is 2. The third-order valence-electron chi connectivity index (χ3n) is 5.47. The number of halogens is 1. The standard InChI is InChI=1S/C26H17FN4O4/c27-22-4-2-1-3-20(22)24-21-11-18(35-14-32)9-10-19(21)23-16(12-28-24)13-29-26(31-23)30-17-7-5-15(6-8-17)25(33)34/h1-11,13-14H,12H2,(H,33,34)(H,29,30,31). The Labute approximate surface area is 198 Å². The first-order chi connectivity index (χ1) is 17.0. The highest BCUT2D eigenvalue weighted by molar-refractivity contribution is 6.17. The number of carbonyl (C=O) groups is 2. The Kier molecular flexibility index (Phi) is 5.72. The summed E-state index contributed by atoms with van der Waals surface area (Å²) in [6.07, 6.45) is 1.64. The lowest BCUT2D eigenvalue weighted by atomic mass is 9.95. The van der Waals surface area contributed by atoms with Gasteiger partial charge in [-0.2, -0.15) is 0 Å². The molecule has 0 aliphatic carbocycles. The zero-order valence-electron chi connectivity index (χ0n) is 18.1. The zero-order chi connectivity index (χ0) is 24.4. The number of ether oxygens (including phenoxy) is 1. The number of aromatic carboxylic acids is 1. The van der Waals surface area contributed by atoms with Crippen LogP contribution in [0.5, 0.6) is 5.75 Å². The van der Waals surface area contributed by atoms with E-state index < -0.39 is 11.8 Å². The van der Waals surface area contributed by atoms with Gasteiger partial charge in [0.25, 0.3) is 6.47 Å². The van der Waals surface area contributed by atoms with E-state index in [1.165, 1.54) is 18.2 Å². The van der Waals surface area contributed by atoms with Crippen LogP contribution in [0.4, 0.5) is 16.0 Å². The van der Waals surface area contributed by atoms with Crippen molar-refractivity contribution in [3.05, 3.63) is 101 Å². The SMILES string of the molecule is O=COc1ccc2c(c1)C(c1ccccc1F)=NCc1cnc(Nc3ccc(C(=O)O)cc3)nc1-2. The molecule has 0 saturated heterocycles. The normalized spacial score (nSPS) is 12.0. The van der Waals surface area contributed by atoms with E-state index in [0.29, 0.717) is 46.2 Å². The molecule has 2 N–H and O–H groups in total. The number of carboxylic acid groups (broad SMARTS) is 1. The molecule has 0 spiro atoms. The summed E-state index contributed by atoms with van der Waals surface area (Å²) < 4.78 is 19.7. The highest BCUT2D eigenvalue weighted by Gasteiger charge is 2.23. The van der Waals surface area contributed by atoms with Crippen LogP contribution in [0.2, 0.25) is 0 Å². The minimum atomic E-state index is -1.02. The number of aliphatic imine (C=N–C) groups is 1. The van der Waals surface area contributed by atoms with Crippen molar-refractivity contribution in [2.24, 2.45) is 4.99 Å². The highest BCUT2D eigenvalue weighted by Crippen LogP contribution is 2.34. The van der Waals surface area contributed by atoms with Gasteiger partial charge in [0.15, 0.2) is 0 Å². The lowest BCUT2D eigenvalue weighted by Crippen LogP contribution is -2.08. The molecule has 1 aromatic heterocycles. The number of carboxylic acids is 1. The van der Waals surface area contributed by atoms with Crippen LogP contribution >= 0.6 is 0 Å². The maximum atomic E-state index is 14.7. The van der Waals surface area contributed by atoms with Crippen molar-refractivity contribution in [3.8, 4) is 17.0 Å². The lowest BCUT2D eigenvalue weighted by Gasteiger charge is -2.13. The van der Waals surface area contributed by atoms with Crippen molar-refractivity contribution < 1.29 is 23.8 Å². The summed E-state index contributed by atoms with van der Waals surface area (Å²) in [5.74, 6) is -0.862. The van der Waals surface area contributed by atoms with Crippen molar-refractivity contribution in [3.63, 3.8) is 0 Å². The van der Waals surface area contributed by atoms with Crippen molar-refractivity contribution in [1.29, 1.82) is 0 Å². The molecular weight excluding hydrogens is 451 g/mol. The Morgan fingerprint density at radius 2 is 1.83 bits per heavy atom. The molecule has 0 unspecified atom stereocenters. The van der Waals surface area contributed by atoms with Crippen LogP contribution in [0.15, 0.2) is 77.9 Å². The van der Waals surface area contributed by atoms with Crippen LogP contribution in [0.1, 0.15) is 27.0 Å². The molecule has 5 rings (SSSR count). The molecular formula is C26H17FN4O4. The van der Waals surface area contributed by atoms with Crippen LogP contribution < -0.4 is 10.1 Å². The van der Waals surface area contributed by atoms with Gasteiger partial charge in [-0.3, -0.25) is 9.79 Å². The van der Waals surface area contributed by atoms with Crippen LogP contribution in [0.3, 0.4) is 0 Å². The summed E-state index contributed by atoms with van der Waals surface area (Å²) in [5, 5.41) is 12.2. The van der Waals surface area contributed by atoms with Gasteiger partial charge in [-0.1, -0.05) is 12.1 Å². The van der Waals surface area contributed by atoms with Gasteiger partial charge in [-0.15, -0.1) is 0 Å². The number of fused-ring (bicyclic) bond motifs is 3. The van der Waals surface area contributed by atoms with Crippen molar-refractivity contribution >= 4 is 29.8 Å². The van der Waals surface area contributed by atoms with E-state index >= 15 is 0 Å². The van der Waals surface area contributed by atoms with Crippen molar-refractivity contribution in [1.82, 2.24) is 9.97 Å². The first-order valence-electron chi connectivity index (χ1n) is 10.5. The second-order valence-corrected chi connectivity index (χ2v) is 7.64. The van der Waals surface area contributed by atoms with Crippen LogP contribution in [0, 0.1) is 5.82 Å². The fraction of sp³-hybridized carbons (Fsp3) is 0.0385. The molecule has 9 heteroatoms. The number of benzene rings is 3. The second-order valence-electron chi connectivity index (χ2n) is 7.64. The van der Waals surface area contributed by atoms with Gasteiger partial charge in [0, 0.05) is 34.1 Å². The third kappa shape index (κ3) is 4.34. The Balaban J connectivity index is 1.59. The van der Waals surface area contributed by atoms with Gasteiger partial charge in [0.2, 0.25) is 5.95 Å². The summed E-state index contributed by atoms with van der Waals surface area (Å²) in [7, 11) is 0. The number of hydrogen-bond acceptors (Lipinski definition) is 7. The zero-order valence-corrected chi connectivity index (χ0v) is 18.1. The topological polar surface area (TPSA) is 114 Å². The highest BCUT2D eigenvalue weighted by atomic mass is 19.1. The summed E-state index contributed by atoms with van der Waals surface area (Å²) in [6.45, 7) is 0.539. The molecule has 0 radical (unpaired) electrons. The first-order valence-corrected chi connectivity index (χ1v) is 10.5.